The van der Waals surface area contributed by atoms with Gasteiger partial charge in [0, 0.05) is 19.6 Å². The van der Waals surface area contributed by atoms with Crippen LogP contribution in [0.25, 0.3) is 0 Å². The van der Waals surface area contributed by atoms with Crippen molar-refractivity contribution >= 4 is 12.1 Å². The van der Waals surface area contributed by atoms with Crippen LogP contribution in [0.15, 0.2) is 54.6 Å². The van der Waals surface area contributed by atoms with Gasteiger partial charge in [0.25, 0.3) is 0 Å². The summed E-state index contributed by atoms with van der Waals surface area (Å²) < 4.78 is 16.6. The van der Waals surface area contributed by atoms with Gasteiger partial charge in [-0.25, -0.2) is 9.59 Å². The fourth-order valence-corrected chi connectivity index (χ4v) is 3.42. The molecule has 0 aliphatic carbocycles. The average Bonchev–Trinajstić information content (AvgIpc) is 2.82. The molecule has 2 rings (SSSR count). The lowest BCUT2D eigenvalue weighted by Crippen LogP contribution is -2.36. The lowest BCUT2D eigenvalue weighted by molar-refractivity contribution is -0.149. The van der Waals surface area contributed by atoms with Gasteiger partial charge in [-0.05, 0) is 48.9 Å². The number of carbonyl (C=O) groups excluding carboxylic acids is 1. The fourth-order valence-electron chi connectivity index (χ4n) is 3.42. The summed E-state index contributed by atoms with van der Waals surface area (Å²) in [7, 11) is 0. The van der Waals surface area contributed by atoms with Crippen LogP contribution >= 0.6 is 0 Å². The highest BCUT2D eigenvalue weighted by Gasteiger charge is 2.18. The van der Waals surface area contributed by atoms with Crippen molar-refractivity contribution in [3.8, 4) is 5.75 Å². The molecule has 186 valence electrons. The van der Waals surface area contributed by atoms with Gasteiger partial charge >= 0.3 is 12.1 Å². The number of nitrogens with zero attached hydrogens (tertiary/aromatic N) is 1. The Bertz CT molecular complexity index is 853. The molecule has 0 saturated carbocycles. The summed E-state index contributed by atoms with van der Waals surface area (Å²) in [4.78, 5) is 25.6. The second-order valence-electron chi connectivity index (χ2n) is 8.54. The largest absolute Gasteiger partial charge is 0.492 e. The second kappa shape index (κ2) is 15.0. The Morgan fingerprint density at radius 1 is 0.971 bits per heavy atom. The van der Waals surface area contributed by atoms with Crippen LogP contribution in [-0.2, 0) is 27.3 Å². The number of hydrogen-bond acceptors (Lipinski definition) is 5. The lowest BCUT2D eigenvalue weighted by Gasteiger charge is -2.23. The van der Waals surface area contributed by atoms with Crippen molar-refractivity contribution in [2.75, 3.05) is 26.3 Å². The van der Waals surface area contributed by atoms with Gasteiger partial charge in [0.15, 0.2) is 6.10 Å². The van der Waals surface area contributed by atoms with Gasteiger partial charge in [-0.1, -0.05) is 56.3 Å². The molecule has 0 aromatic heterocycles. The van der Waals surface area contributed by atoms with E-state index in [1.165, 1.54) is 0 Å². The van der Waals surface area contributed by atoms with Crippen LogP contribution in [0.5, 0.6) is 5.75 Å². The van der Waals surface area contributed by atoms with E-state index in [1.807, 2.05) is 42.5 Å². The minimum Gasteiger partial charge on any atom is -0.492 e. The van der Waals surface area contributed by atoms with Crippen molar-refractivity contribution in [3.05, 3.63) is 65.7 Å². The van der Waals surface area contributed by atoms with Crippen LogP contribution in [0.3, 0.4) is 0 Å². The molecule has 7 heteroatoms. The smallest absolute Gasteiger partial charge is 0.410 e. The molecule has 0 spiro atoms. The molecule has 0 radical (unpaired) electrons. The minimum absolute atomic E-state index is 0.238. The third-order valence-corrected chi connectivity index (χ3v) is 5.29. The van der Waals surface area contributed by atoms with E-state index in [1.54, 1.807) is 24.0 Å². The molecule has 1 N–H and O–H groups in total. The average molecular weight is 472 g/mol. The van der Waals surface area contributed by atoms with Gasteiger partial charge in [-0.15, -0.1) is 0 Å². The Kier molecular flexibility index (Phi) is 12.0. The molecule has 1 atom stereocenters. The first kappa shape index (κ1) is 27.2. The summed E-state index contributed by atoms with van der Waals surface area (Å²) in [5, 5.41) is 9.24. The number of carboxylic acid groups (broad SMARTS) is 1. The maximum absolute atomic E-state index is 12.7. The molecule has 0 heterocycles. The molecule has 0 bridgehead atoms. The van der Waals surface area contributed by atoms with E-state index in [0.717, 1.165) is 24.0 Å². The van der Waals surface area contributed by atoms with E-state index in [0.29, 0.717) is 44.4 Å². The van der Waals surface area contributed by atoms with Gasteiger partial charge in [0.2, 0.25) is 0 Å². The van der Waals surface area contributed by atoms with Crippen molar-refractivity contribution in [2.45, 2.75) is 52.7 Å². The number of hydrogen-bond donors (Lipinski definition) is 1. The van der Waals surface area contributed by atoms with Crippen LogP contribution in [0, 0.1) is 5.92 Å². The van der Waals surface area contributed by atoms with Crippen LogP contribution in [0.2, 0.25) is 0 Å². The fraction of sp³-hybridized carbons (Fsp3) is 0.481. The molecule has 0 saturated heterocycles. The molecule has 1 amide bonds. The van der Waals surface area contributed by atoms with E-state index in [2.05, 4.69) is 13.8 Å². The molecular formula is C27H37NO6. The van der Waals surface area contributed by atoms with Gasteiger partial charge in [0.1, 0.15) is 19.0 Å². The predicted molar refractivity (Wildman–Crippen MR) is 131 cm³/mol. The number of aliphatic carboxylic acids is 1. The van der Waals surface area contributed by atoms with E-state index in [9.17, 15) is 14.7 Å². The maximum atomic E-state index is 12.7. The molecule has 1 unspecified atom stereocenters. The van der Waals surface area contributed by atoms with Crippen LogP contribution in [0.4, 0.5) is 4.79 Å². The third-order valence-electron chi connectivity index (χ3n) is 5.29. The normalized spacial score (nSPS) is 11.8. The second-order valence-corrected chi connectivity index (χ2v) is 8.54. The third kappa shape index (κ3) is 10.3. The summed E-state index contributed by atoms with van der Waals surface area (Å²) in [5.41, 5.74) is 1.80. The number of rotatable bonds is 15. The number of carbonyl (C=O) groups is 2. The van der Waals surface area contributed by atoms with Crippen molar-refractivity contribution in [1.82, 2.24) is 4.90 Å². The molecule has 2 aromatic carbocycles. The Balaban J connectivity index is 1.86. The molecule has 7 nitrogen and oxygen atoms in total. The van der Waals surface area contributed by atoms with E-state index < -0.39 is 12.1 Å². The number of benzene rings is 2. The highest BCUT2D eigenvalue weighted by molar-refractivity contribution is 5.72. The molecule has 34 heavy (non-hydrogen) atoms. The summed E-state index contributed by atoms with van der Waals surface area (Å²) in [6, 6.07) is 16.9. The SMILES string of the molecule is CCOC(Cc1ccc(OCCN(CCCC(C)C)C(=O)OCc2ccccc2)cc1)C(=O)O. The molecule has 0 aliphatic rings. The van der Waals surface area contributed by atoms with E-state index in [4.69, 9.17) is 14.2 Å². The topological polar surface area (TPSA) is 85.3 Å². The zero-order valence-corrected chi connectivity index (χ0v) is 20.4. The molecule has 0 aliphatic heterocycles. The molecular weight excluding hydrogens is 434 g/mol. The Morgan fingerprint density at radius 3 is 2.29 bits per heavy atom. The predicted octanol–water partition coefficient (Wildman–Crippen LogP) is 5.17. The van der Waals surface area contributed by atoms with E-state index >= 15 is 0 Å². The number of carboxylic acids is 1. The summed E-state index contributed by atoms with van der Waals surface area (Å²) in [5.74, 6) is 0.256. The number of amides is 1. The van der Waals surface area contributed by atoms with Crippen molar-refractivity contribution in [3.63, 3.8) is 0 Å². The molecule has 2 aromatic rings. The highest BCUT2D eigenvalue weighted by Crippen LogP contribution is 2.15. The highest BCUT2D eigenvalue weighted by atomic mass is 16.6. The van der Waals surface area contributed by atoms with Crippen molar-refractivity contribution in [2.24, 2.45) is 5.92 Å². The quantitative estimate of drug-likeness (QED) is 0.386. The van der Waals surface area contributed by atoms with E-state index in [-0.39, 0.29) is 12.7 Å². The standard InChI is InChI=1S/C27H37NO6/c1-4-32-25(26(29)30)19-22-12-14-24(15-13-22)33-18-17-28(16-8-9-21(2)3)27(31)34-20-23-10-6-5-7-11-23/h5-7,10-15,21,25H,4,8-9,16-20H2,1-3H3,(H,29,30). The minimum atomic E-state index is -0.973. The molecule has 0 fully saturated rings. The van der Waals surface area contributed by atoms with Crippen molar-refractivity contribution < 1.29 is 28.9 Å². The maximum Gasteiger partial charge on any atom is 0.410 e. The van der Waals surface area contributed by atoms with Gasteiger partial charge in [0.05, 0.1) is 6.54 Å². The Labute approximate surface area is 202 Å². The lowest BCUT2D eigenvalue weighted by atomic mass is 10.1. The van der Waals surface area contributed by atoms with Crippen molar-refractivity contribution in [1.29, 1.82) is 0 Å². The monoisotopic (exact) mass is 471 g/mol. The Hall–Kier alpha value is -3.06. The first-order valence-corrected chi connectivity index (χ1v) is 11.9. The Morgan fingerprint density at radius 2 is 1.68 bits per heavy atom. The summed E-state index contributed by atoms with van der Waals surface area (Å²) in [6.45, 7) is 8.05. The zero-order chi connectivity index (χ0) is 24.8. The van der Waals surface area contributed by atoms with Gasteiger partial charge < -0.3 is 24.2 Å². The van der Waals surface area contributed by atoms with Crippen LogP contribution < -0.4 is 4.74 Å². The van der Waals surface area contributed by atoms with Crippen LogP contribution in [0.1, 0.15) is 44.7 Å². The van der Waals surface area contributed by atoms with Gasteiger partial charge in [-0.2, -0.15) is 0 Å². The summed E-state index contributed by atoms with van der Waals surface area (Å²) in [6.07, 6.45) is 1.02. The first-order chi connectivity index (χ1) is 16.4. The van der Waals surface area contributed by atoms with Gasteiger partial charge in [-0.3, -0.25) is 0 Å². The zero-order valence-electron chi connectivity index (χ0n) is 20.4. The number of ether oxygens (including phenoxy) is 3. The first-order valence-electron chi connectivity index (χ1n) is 11.9. The summed E-state index contributed by atoms with van der Waals surface area (Å²) >= 11 is 0. The van der Waals surface area contributed by atoms with Crippen LogP contribution in [-0.4, -0.2) is 54.5 Å².